The highest BCUT2D eigenvalue weighted by molar-refractivity contribution is 5.83. The molecule has 0 radical (unpaired) electrons. The van der Waals surface area contributed by atoms with Crippen LogP contribution in [-0.4, -0.2) is 41.9 Å². The van der Waals surface area contributed by atoms with Gasteiger partial charge in [-0.2, -0.15) is 0 Å². The molecule has 1 aromatic heterocycles. The predicted octanol–water partition coefficient (Wildman–Crippen LogP) is 2.87. The van der Waals surface area contributed by atoms with Crippen LogP contribution >= 0.6 is 0 Å². The zero-order valence-electron chi connectivity index (χ0n) is 16.3. The van der Waals surface area contributed by atoms with Crippen LogP contribution in [0.1, 0.15) is 12.5 Å². The molecule has 0 saturated carbocycles. The standard InChI is InChI=1S/C22H25FN4O2/c1-2-24-22(26-13-16-11-12-25-21-6-4-3-5-20(16)21)27-14-18(28)15-29-19-9-7-17(23)8-10-19/h3-12,18,28H,2,13-15H2,1H3,(H2,24,26,27). The Morgan fingerprint density at radius 1 is 1.14 bits per heavy atom. The fourth-order valence-electron chi connectivity index (χ4n) is 2.80. The Balaban J connectivity index is 1.55. The summed E-state index contributed by atoms with van der Waals surface area (Å²) < 4.78 is 18.4. The summed E-state index contributed by atoms with van der Waals surface area (Å²) in [5.41, 5.74) is 2.01. The van der Waals surface area contributed by atoms with E-state index in [0.717, 1.165) is 16.5 Å². The van der Waals surface area contributed by atoms with Crippen LogP contribution < -0.4 is 15.4 Å². The topological polar surface area (TPSA) is 78.8 Å². The van der Waals surface area contributed by atoms with Gasteiger partial charge in [-0.15, -0.1) is 0 Å². The van der Waals surface area contributed by atoms with Crippen molar-refractivity contribution in [3.05, 3.63) is 72.2 Å². The van der Waals surface area contributed by atoms with Crippen molar-refractivity contribution in [2.24, 2.45) is 4.99 Å². The Hall–Kier alpha value is -3.19. The number of aromatic nitrogens is 1. The molecule has 6 nitrogen and oxygen atoms in total. The van der Waals surface area contributed by atoms with Gasteiger partial charge in [0.2, 0.25) is 0 Å². The van der Waals surface area contributed by atoms with E-state index in [4.69, 9.17) is 4.74 Å². The number of nitrogens with one attached hydrogen (secondary N) is 2. The van der Waals surface area contributed by atoms with E-state index in [9.17, 15) is 9.50 Å². The Bertz CT molecular complexity index is 942. The zero-order valence-corrected chi connectivity index (χ0v) is 16.3. The van der Waals surface area contributed by atoms with Crippen molar-refractivity contribution in [2.75, 3.05) is 19.7 Å². The molecule has 0 fully saturated rings. The van der Waals surface area contributed by atoms with E-state index in [1.54, 1.807) is 6.20 Å². The van der Waals surface area contributed by atoms with Crippen LogP contribution in [0.3, 0.4) is 0 Å². The molecular weight excluding hydrogens is 371 g/mol. The summed E-state index contributed by atoms with van der Waals surface area (Å²) in [6.45, 7) is 3.52. The van der Waals surface area contributed by atoms with Crippen LogP contribution in [0.2, 0.25) is 0 Å². The van der Waals surface area contributed by atoms with Gasteiger partial charge in [0.05, 0.1) is 12.1 Å². The largest absolute Gasteiger partial charge is 0.491 e. The Morgan fingerprint density at radius 2 is 1.93 bits per heavy atom. The third-order valence-corrected chi connectivity index (χ3v) is 4.25. The third kappa shape index (κ3) is 6.15. The normalized spacial score (nSPS) is 12.6. The molecule has 0 saturated heterocycles. The number of aliphatic hydroxyl groups is 1. The number of guanidine groups is 1. The zero-order chi connectivity index (χ0) is 20.5. The van der Waals surface area contributed by atoms with Crippen molar-refractivity contribution in [1.29, 1.82) is 0 Å². The second-order valence-electron chi connectivity index (χ2n) is 6.48. The molecule has 1 heterocycles. The number of ether oxygens (including phenoxy) is 1. The number of para-hydroxylation sites is 1. The van der Waals surface area contributed by atoms with Crippen LogP contribution in [0.25, 0.3) is 10.9 Å². The van der Waals surface area contributed by atoms with E-state index in [2.05, 4.69) is 20.6 Å². The highest BCUT2D eigenvalue weighted by Gasteiger charge is 2.08. The van der Waals surface area contributed by atoms with Gasteiger partial charge in [-0.1, -0.05) is 18.2 Å². The number of rotatable bonds is 8. The fraction of sp³-hybridized carbons (Fsp3) is 0.273. The molecule has 29 heavy (non-hydrogen) atoms. The fourth-order valence-corrected chi connectivity index (χ4v) is 2.80. The van der Waals surface area contributed by atoms with Gasteiger partial charge in [0.15, 0.2) is 5.96 Å². The molecule has 0 aliphatic rings. The minimum atomic E-state index is -0.745. The minimum Gasteiger partial charge on any atom is -0.491 e. The number of halogens is 1. The van der Waals surface area contributed by atoms with Gasteiger partial charge in [0, 0.05) is 24.7 Å². The lowest BCUT2D eigenvalue weighted by Gasteiger charge is -2.16. The lowest BCUT2D eigenvalue weighted by Crippen LogP contribution is -2.42. The second kappa shape index (κ2) is 10.4. The molecule has 152 valence electrons. The number of nitrogens with zero attached hydrogens (tertiary/aromatic N) is 2. The van der Waals surface area contributed by atoms with Crippen molar-refractivity contribution >= 4 is 16.9 Å². The first-order valence-electron chi connectivity index (χ1n) is 9.57. The van der Waals surface area contributed by atoms with Gasteiger partial charge in [0.25, 0.3) is 0 Å². The molecule has 2 aromatic carbocycles. The maximum absolute atomic E-state index is 12.9. The van der Waals surface area contributed by atoms with Crippen LogP contribution in [-0.2, 0) is 6.54 Å². The average molecular weight is 396 g/mol. The Morgan fingerprint density at radius 3 is 2.72 bits per heavy atom. The number of benzene rings is 2. The van der Waals surface area contributed by atoms with E-state index in [0.29, 0.717) is 24.8 Å². The van der Waals surface area contributed by atoms with Crippen LogP contribution in [0.4, 0.5) is 4.39 Å². The number of aliphatic hydroxyl groups excluding tert-OH is 1. The summed E-state index contributed by atoms with van der Waals surface area (Å²) in [4.78, 5) is 8.97. The maximum atomic E-state index is 12.9. The Kier molecular flexibility index (Phi) is 7.35. The predicted molar refractivity (Wildman–Crippen MR) is 112 cm³/mol. The van der Waals surface area contributed by atoms with Crippen molar-refractivity contribution < 1.29 is 14.2 Å². The molecule has 3 rings (SSSR count). The second-order valence-corrected chi connectivity index (χ2v) is 6.48. The summed E-state index contributed by atoms with van der Waals surface area (Å²) in [6, 6.07) is 15.6. The van der Waals surface area contributed by atoms with E-state index < -0.39 is 6.10 Å². The SMILES string of the molecule is CCNC(=NCc1ccnc2ccccc12)NCC(O)COc1ccc(F)cc1. The first-order chi connectivity index (χ1) is 14.2. The van der Waals surface area contributed by atoms with Crippen molar-refractivity contribution in [3.63, 3.8) is 0 Å². The number of hydrogen-bond donors (Lipinski definition) is 3. The highest BCUT2D eigenvalue weighted by Crippen LogP contribution is 2.16. The molecule has 0 spiro atoms. The molecular formula is C22H25FN4O2. The van der Waals surface area contributed by atoms with E-state index in [1.807, 2.05) is 37.3 Å². The minimum absolute atomic E-state index is 0.0903. The molecule has 0 bridgehead atoms. The van der Waals surface area contributed by atoms with E-state index in [-0.39, 0.29) is 19.0 Å². The summed E-state index contributed by atoms with van der Waals surface area (Å²) in [5.74, 6) is 0.790. The van der Waals surface area contributed by atoms with Gasteiger partial charge in [-0.05, 0) is 48.9 Å². The van der Waals surface area contributed by atoms with Gasteiger partial charge >= 0.3 is 0 Å². The Labute approximate surface area is 169 Å². The van der Waals surface area contributed by atoms with Crippen LogP contribution in [0.5, 0.6) is 5.75 Å². The lowest BCUT2D eigenvalue weighted by molar-refractivity contribution is 0.110. The van der Waals surface area contributed by atoms with Crippen molar-refractivity contribution in [2.45, 2.75) is 19.6 Å². The van der Waals surface area contributed by atoms with Crippen molar-refractivity contribution in [3.8, 4) is 5.75 Å². The van der Waals surface area contributed by atoms with Gasteiger partial charge in [0.1, 0.15) is 24.3 Å². The van der Waals surface area contributed by atoms with Crippen LogP contribution in [0, 0.1) is 5.82 Å². The molecule has 3 N–H and O–H groups in total. The first-order valence-corrected chi connectivity index (χ1v) is 9.57. The van der Waals surface area contributed by atoms with Crippen LogP contribution in [0.15, 0.2) is 65.8 Å². The lowest BCUT2D eigenvalue weighted by atomic mass is 10.1. The molecule has 3 aromatic rings. The first kappa shape index (κ1) is 20.5. The molecule has 1 unspecified atom stereocenters. The van der Waals surface area contributed by atoms with E-state index in [1.165, 1.54) is 24.3 Å². The number of pyridine rings is 1. The maximum Gasteiger partial charge on any atom is 0.191 e. The third-order valence-electron chi connectivity index (χ3n) is 4.25. The number of hydrogen-bond acceptors (Lipinski definition) is 4. The number of fused-ring (bicyclic) bond motifs is 1. The summed E-state index contributed by atoms with van der Waals surface area (Å²) in [5, 5.41) is 17.5. The monoisotopic (exact) mass is 396 g/mol. The molecule has 7 heteroatoms. The van der Waals surface area contributed by atoms with Gasteiger partial charge < -0.3 is 20.5 Å². The molecule has 1 atom stereocenters. The van der Waals surface area contributed by atoms with Gasteiger partial charge in [-0.3, -0.25) is 4.98 Å². The smallest absolute Gasteiger partial charge is 0.191 e. The highest BCUT2D eigenvalue weighted by atomic mass is 19.1. The molecule has 0 aliphatic heterocycles. The van der Waals surface area contributed by atoms with Gasteiger partial charge in [-0.25, -0.2) is 9.38 Å². The molecule has 0 aliphatic carbocycles. The summed E-state index contributed by atoms with van der Waals surface area (Å²) >= 11 is 0. The molecule has 0 amide bonds. The van der Waals surface area contributed by atoms with E-state index >= 15 is 0 Å². The average Bonchev–Trinajstić information content (AvgIpc) is 2.75. The quantitative estimate of drug-likeness (QED) is 0.403. The summed E-state index contributed by atoms with van der Waals surface area (Å²) in [7, 11) is 0. The van der Waals surface area contributed by atoms with Crippen molar-refractivity contribution in [1.82, 2.24) is 15.6 Å². The number of aliphatic imine (C=N–C) groups is 1. The summed E-state index contributed by atoms with van der Waals surface area (Å²) in [6.07, 6.45) is 1.04.